The van der Waals surface area contributed by atoms with Crippen LogP contribution in [-0.2, 0) is 32.5 Å². The highest BCUT2D eigenvalue weighted by Crippen LogP contribution is 2.48. The summed E-state index contributed by atoms with van der Waals surface area (Å²) in [4.78, 5) is 29.7. The number of hydrogen-bond donors (Lipinski definition) is 1. The Kier molecular flexibility index (Phi) is 9.39. The maximum Gasteiger partial charge on any atom is 0.257 e. The predicted octanol–water partition coefficient (Wildman–Crippen LogP) is 7.24. The van der Waals surface area contributed by atoms with Gasteiger partial charge >= 0.3 is 0 Å². The van der Waals surface area contributed by atoms with Gasteiger partial charge in [0, 0.05) is 29.6 Å². The zero-order chi connectivity index (χ0) is 38.0. The lowest BCUT2D eigenvalue weighted by Crippen LogP contribution is -2.46. The van der Waals surface area contributed by atoms with Gasteiger partial charge in [-0.25, -0.2) is 8.42 Å². The number of nitrogens with zero attached hydrogens (tertiary/aromatic N) is 4. The van der Waals surface area contributed by atoms with Crippen molar-refractivity contribution < 1.29 is 27.5 Å². The van der Waals surface area contributed by atoms with E-state index in [1.165, 1.54) is 24.8 Å². The van der Waals surface area contributed by atoms with Gasteiger partial charge in [-0.3, -0.25) is 19.0 Å². The molecule has 2 aromatic carbocycles. The summed E-state index contributed by atoms with van der Waals surface area (Å²) >= 11 is 0. The largest absolute Gasteiger partial charge is 0.497 e. The molecular formula is C43H51N5O6S. The molecule has 4 fully saturated rings. The molecule has 290 valence electrons. The molecule has 2 aromatic heterocycles. The van der Waals surface area contributed by atoms with E-state index in [2.05, 4.69) is 44.3 Å². The van der Waals surface area contributed by atoms with Crippen molar-refractivity contribution in [2.24, 2.45) is 0 Å². The molecule has 55 heavy (non-hydrogen) atoms. The lowest BCUT2D eigenvalue weighted by atomic mass is 9.81. The number of fused-ring (bicyclic) bond motifs is 7. The minimum Gasteiger partial charge on any atom is -0.497 e. The number of aromatic nitrogens is 3. The fraction of sp³-hybridized carbons (Fsp3) is 0.512. The van der Waals surface area contributed by atoms with Crippen molar-refractivity contribution in [1.82, 2.24) is 24.0 Å². The highest BCUT2D eigenvalue weighted by Gasteiger charge is 2.39. The van der Waals surface area contributed by atoms with E-state index in [1.54, 1.807) is 27.2 Å². The van der Waals surface area contributed by atoms with E-state index in [4.69, 9.17) is 14.6 Å². The van der Waals surface area contributed by atoms with Crippen LogP contribution >= 0.6 is 0 Å². The zero-order valence-corrected chi connectivity index (χ0v) is 32.9. The van der Waals surface area contributed by atoms with Crippen molar-refractivity contribution in [1.29, 1.82) is 0 Å². The number of rotatable bonds is 9. The zero-order valence-electron chi connectivity index (χ0n) is 32.1. The van der Waals surface area contributed by atoms with Gasteiger partial charge in [-0.2, -0.15) is 5.10 Å². The molecule has 1 N–H and O–H groups in total. The second-order valence-electron chi connectivity index (χ2n) is 16.6. The highest BCUT2D eigenvalue weighted by atomic mass is 32.2. The third-order valence-corrected chi connectivity index (χ3v) is 14.4. The molecule has 11 nitrogen and oxygen atoms in total. The van der Waals surface area contributed by atoms with E-state index in [-0.39, 0.29) is 30.6 Å². The quantitative estimate of drug-likeness (QED) is 0.191. The Morgan fingerprint density at radius 2 is 1.71 bits per heavy atom. The van der Waals surface area contributed by atoms with Crippen LogP contribution in [0.1, 0.15) is 123 Å². The van der Waals surface area contributed by atoms with Gasteiger partial charge in [0.25, 0.3) is 5.91 Å². The van der Waals surface area contributed by atoms with Crippen molar-refractivity contribution in [3.63, 3.8) is 0 Å². The number of carbonyl (C=O) groups excluding carboxylic acids is 2. The van der Waals surface area contributed by atoms with Crippen molar-refractivity contribution in [2.45, 2.75) is 120 Å². The Morgan fingerprint density at radius 3 is 2.40 bits per heavy atom. The standard InChI is InChI=1S/C43H51N5O6S/c1-26(2)55(51,52)45-39(49)19-27-12-16-36-38(18-27)47-23-30(20-29-21-32(53-3)15-17-35(29)42(47)40(36)28-8-5-4-6-9-28)41-37(22-44-48(41)31-10-7-11-31)43(50)46-24-33-13-14-34(25-46)54-33/h12,15-18,20-22,26,28,31,33-34H,4-11,13-14,19,23-25H2,1-3H3,(H,45,49). The van der Waals surface area contributed by atoms with E-state index >= 15 is 0 Å². The van der Waals surface area contributed by atoms with Gasteiger partial charge in [0.2, 0.25) is 15.9 Å². The average molecular weight is 766 g/mol. The summed E-state index contributed by atoms with van der Waals surface area (Å²) < 4.78 is 43.8. The first kappa shape index (κ1) is 36.2. The topological polar surface area (TPSA) is 125 Å². The van der Waals surface area contributed by atoms with E-state index in [0.29, 0.717) is 31.1 Å². The molecule has 5 aliphatic rings. The number of nitrogens with one attached hydrogen (secondary N) is 1. The predicted molar refractivity (Wildman–Crippen MR) is 212 cm³/mol. The van der Waals surface area contributed by atoms with Crippen LogP contribution in [-0.4, -0.2) is 77.1 Å². The van der Waals surface area contributed by atoms with Gasteiger partial charge < -0.3 is 18.9 Å². The minimum absolute atomic E-state index is 0.00177. The number of carbonyl (C=O) groups is 2. The van der Waals surface area contributed by atoms with Crippen molar-refractivity contribution in [3.8, 4) is 17.0 Å². The monoisotopic (exact) mass is 765 g/mol. The second kappa shape index (κ2) is 14.3. The third-order valence-electron chi connectivity index (χ3n) is 12.7. The molecule has 5 heterocycles. The fourth-order valence-electron chi connectivity index (χ4n) is 9.54. The number of amides is 2. The maximum absolute atomic E-state index is 14.6. The molecule has 3 aliphatic heterocycles. The molecule has 2 aliphatic carbocycles. The van der Waals surface area contributed by atoms with Gasteiger partial charge in [0.05, 0.1) is 66.7 Å². The normalized spacial score (nSPS) is 21.5. The van der Waals surface area contributed by atoms with Crippen LogP contribution in [0.15, 0.2) is 42.6 Å². The van der Waals surface area contributed by atoms with Gasteiger partial charge in [-0.05, 0) is 117 Å². The first-order valence-electron chi connectivity index (χ1n) is 20.2. The molecule has 2 amide bonds. The molecule has 0 radical (unpaired) electrons. The summed E-state index contributed by atoms with van der Waals surface area (Å²) in [5.41, 5.74) is 8.82. The highest BCUT2D eigenvalue weighted by molar-refractivity contribution is 7.90. The maximum atomic E-state index is 14.6. The van der Waals surface area contributed by atoms with Crippen LogP contribution in [0.3, 0.4) is 0 Å². The van der Waals surface area contributed by atoms with Gasteiger partial charge in [-0.15, -0.1) is 0 Å². The van der Waals surface area contributed by atoms with E-state index in [1.807, 2.05) is 17.0 Å². The lowest BCUT2D eigenvalue weighted by Gasteiger charge is -2.32. The van der Waals surface area contributed by atoms with E-state index in [9.17, 15) is 18.0 Å². The number of sulfonamides is 1. The summed E-state index contributed by atoms with van der Waals surface area (Å²) in [5.74, 6) is 0.575. The number of morpholine rings is 1. The van der Waals surface area contributed by atoms with Crippen molar-refractivity contribution >= 4 is 44.4 Å². The van der Waals surface area contributed by atoms with E-state index in [0.717, 1.165) is 95.2 Å². The van der Waals surface area contributed by atoms with Crippen LogP contribution in [0.4, 0.5) is 0 Å². The second-order valence-corrected chi connectivity index (χ2v) is 18.8. The molecule has 9 rings (SSSR count). The van der Waals surface area contributed by atoms with Crippen LogP contribution in [0.2, 0.25) is 0 Å². The van der Waals surface area contributed by atoms with Gasteiger partial charge in [0.1, 0.15) is 5.75 Å². The molecular weight excluding hydrogens is 715 g/mol. The summed E-state index contributed by atoms with van der Waals surface area (Å²) in [7, 11) is -2.07. The summed E-state index contributed by atoms with van der Waals surface area (Å²) in [6.45, 7) is 4.79. The molecule has 2 atom stereocenters. The Morgan fingerprint density at radius 1 is 0.945 bits per heavy atom. The fourth-order valence-corrected chi connectivity index (χ4v) is 10.2. The van der Waals surface area contributed by atoms with Crippen LogP contribution < -0.4 is 9.46 Å². The summed E-state index contributed by atoms with van der Waals surface area (Å²) in [5, 5.41) is 5.39. The number of methoxy groups -OCH3 is 1. The summed E-state index contributed by atoms with van der Waals surface area (Å²) in [6.07, 6.45) is 15.0. The number of ether oxygens (including phenoxy) is 2. The average Bonchev–Trinajstić information content (AvgIpc) is 3.79. The first-order chi connectivity index (χ1) is 26.6. The SMILES string of the molecule is COc1ccc2c(c1)C=C(c1c(C(=O)N3CC4CCC(C3)O4)cnn1C1CCC1)Cn1c-2c(C2CCCCC2)c2ccc(CC(=O)NS(=O)(=O)C(C)C)cc21. The Balaban J connectivity index is 1.22. The minimum atomic E-state index is -3.76. The Labute approximate surface area is 323 Å². The molecule has 12 heteroatoms. The number of likely N-dealkylation sites (tertiary alicyclic amines) is 1. The van der Waals surface area contributed by atoms with Crippen LogP contribution in [0.25, 0.3) is 33.8 Å². The smallest absolute Gasteiger partial charge is 0.257 e. The lowest BCUT2D eigenvalue weighted by molar-refractivity contribution is -0.118. The van der Waals surface area contributed by atoms with Gasteiger partial charge in [0.15, 0.2) is 0 Å². The Hall–Kier alpha value is -4.42. The third kappa shape index (κ3) is 6.58. The first-order valence-corrected chi connectivity index (χ1v) is 21.7. The van der Waals surface area contributed by atoms with Crippen molar-refractivity contribution in [3.05, 3.63) is 70.5 Å². The van der Waals surface area contributed by atoms with Crippen LogP contribution in [0.5, 0.6) is 5.75 Å². The molecule has 2 saturated carbocycles. The number of benzene rings is 2. The van der Waals surface area contributed by atoms with Crippen LogP contribution in [0, 0.1) is 0 Å². The van der Waals surface area contributed by atoms with Gasteiger partial charge in [-0.1, -0.05) is 31.4 Å². The number of hydrogen-bond acceptors (Lipinski definition) is 7. The summed E-state index contributed by atoms with van der Waals surface area (Å²) in [6, 6.07) is 12.7. The molecule has 4 aromatic rings. The molecule has 2 saturated heterocycles. The number of allylic oxidation sites excluding steroid dienone is 1. The molecule has 2 unspecified atom stereocenters. The Bertz CT molecular complexity index is 2300. The van der Waals surface area contributed by atoms with E-state index < -0.39 is 21.2 Å². The molecule has 2 bridgehead atoms. The van der Waals surface area contributed by atoms with Crippen molar-refractivity contribution in [2.75, 3.05) is 20.2 Å². The molecule has 0 spiro atoms.